The largest absolute Gasteiger partial charge is 0.289 e. The number of nitrogens with zero attached hydrogens (tertiary/aromatic N) is 2. The van der Waals surface area contributed by atoms with Crippen LogP contribution in [0.2, 0.25) is 0 Å². The zero-order valence-electron chi connectivity index (χ0n) is 15.9. The quantitative estimate of drug-likeness (QED) is 0.516. The Morgan fingerprint density at radius 1 is 1.10 bits per heavy atom. The molecule has 0 spiro atoms. The maximum absolute atomic E-state index is 13.0. The summed E-state index contributed by atoms with van der Waals surface area (Å²) in [7, 11) is -4.03. The molecule has 0 unspecified atom stereocenters. The van der Waals surface area contributed by atoms with Crippen LogP contribution >= 0.6 is 11.3 Å². The molecule has 0 saturated heterocycles. The maximum Gasteiger partial charge on any atom is 0.264 e. The lowest BCUT2D eigenvalue weighted by molar-refractivity contribution is -0.119. The van der Waals surface area contributed by atoms with Gasteiger partial charge in [-0.15, -0.1) is 11.3 Å². The number of hydrogen-bond acceptors (Lipinski definition) is 6. The summed E-state index contributed by atoms with van der Waals surface area (Å²) in [6.07, 6.45) is 1.26. The normalized spacial score (nSPS) is 11.5. The molecular weight excluding hydrogens is 422 g/mol. The van der Waals surface area contributed by atoms with Crippen LogP contribution in [0.15, 0.2) is 76.0 Å². The van der Waals surface area contributed by atoms with Crippen molar-refractivity contribution in [3.63, 3.8) is 0 Å². The Balaban J connectivity index is 1.62. The summed E-state index contributed by atoms with van der Waals surface area (Å²) in [6, 6.07) is 15.5. The van der Waals surface area contributed by atoms with Crippen molar-refractivity contribution in [1.29, 1.82) is 0 Å². The first-order chi connectivity index (χ1) is 14.3. The molecule has 7 nitrogen and oxygen atoms in total. The Morgan fingerprint density at radius 2 is 1.80 bits per heavy atom. The SMILES string of the molecule is Cc1ccc(S(=O)(=O)NC(=O)Cn2cnc3scc(-c4ccccc4)c3c2=O)cc1. The highest BCUT2D eigenvalue weighted by Gasteiger charge is 2.19. The highest BCUT2D eigenvalue weighted by molar-refractivity contribution is 7.90. The van der Waals surface area contributed by atoms with Gasteiger partial charge in [-0.2, -0.15) is 0 Å². The van der Waals surface area contributed by atoms with Crippen molar-refractivity contribution < 1.29 is 13.2 Å². The van der Waals surface area contributed by atoms with Crippen LogP contribution < -0.4 is 10.3 Å². The van der Waals surface area contributed by atoms with Crippen molar-refractivity contribution in [2.24, 2.45) is 0 Å². The van der Waals surface area contributed by atoms with Crippen molar-refractivity contribution in [3.05, 3.63) is 82.2 Å². The molecular formula is C21H17N3O4S2. The van der Waals surface area contributed by atoms with Gasteiger partial charge in [0.05, 0.1) is 16.6 Å². The second kappa shape index (κ2) is 7.85. The second-order valence-electron chi connectivity index (χ2n) is 6.71. The van der Waals surface area contributed by atoms with Gasteiger partial charge in [-0.25, -0.2) is 18.1 Å². The first-order valence-electron chi connectivity index (χ1n) is 8.99. The molecule has 9 heteroatoms. The third-order valence-corrected chi connectivity index (χ3v) is 6.81. The van der Waals surface area contributed by atoms with Crippen molar-refractivity contribution in [3.8, 4) is 11.1 Å². The molecule has 0 aliphatic heterocycles. The van der Waals surface area contributed by atoms with Gasteiger partial charge in [-0.3, -0.25) is 14.2 Å². The predicted octanol–water partition coefficient (Wildman–Crippen LogP) is 2.94. The second-order valence-corrected chi connectivity index (χ2v) is 9.26. The lowest BCUT2D eigenvalue weighted by Gasteiger charge is -2.09. The molecule has 2 aromatic heterocycles. The van der Waals surface area contributed by atoms with Crippen LogP contribution in [0.5, 0.6) is 0 Å². The van der Waals surface area contributed by atoms with E-state index in [1.807, 2.05) is 47.4 Å². The first-order valence-corrected chi connectivity index (χ1v) is 11.4. The number of aromatic nitrogens is 2. The summed E-state index contributed by atoms with van der Waals surface area (Å²) in [6.45, 7) is 1.37. The average Bonchev–Trinajstić information content (AvgIpc) is 3.16. The van der Waals surface area contributed by atoms with Crippen LogP contribution in [0.4, 0.5) is 0 Å². The number of sulfonamides is 1. The van der Waals surface area contributed by atoms with Gasteiger partial charge >= 0.3 is 0 Å². The zero-order valence-corrected chi connectivity index (χ0v) is 17.5. The van der Waals surface area contributed by atoms with E-state index in [2.05, 4.69) is 4.98 Å². The summed E-state index contributed by atoms with van der Waals surface area (Å²) in [4.78, 5) is 30.2. The van der Waals surface area contributed by atoms with Gasteiger partial charge in [-0.05, 0) is 24.6 Å². The Labute approximate surface area is 176 Å². The predicted molar refractivity (Wildman–Crippen MR) is 116 cm³/mol. The molecule has 0 aliphatic carbocycles. The molecule has 0 radical (unpaired) electrons. The van der Waals surface area contributed by atoms with Gasteiger partial charge < -0.3 is 0 Å². The molecule has 0 atom stereocenters. The van der Waals surface area contributed by atoms with Gasteiger partial charge in [0.25, 0.3) is 21.5 Å². The number of fused-ring (bicyclic) bond motifs is 1. The summed E-state index contributed by atoms with van der Waals surface area (Å²) >= 11 is 1.34. The van der Waals surface area contributed by atoms with E-state index >= 15 is 0 Å². The molecule has 0 bridgehead atoms. The Morgan fingerprint density at radius 3 is 2.50 bits per heavy atom. The van der Waals surface area contributed by atoms with E-state index in [1.54, 1.807) is 12.1 Å². The fourth-order valence-electron chi connectivity index (χ4n) is 3.02. The van der Waals surface area contributed by atoms with Gasteiger partial charge in [0.15, 0.2) is 0 Å². The average molecular weight is 440 g/mol. The fraction of sp³-hybridized carbons (Fsp3) is 0.0952. The number of rotatable bonds is 5. The van der Waals surface area contributed by atoms with Crippen LogP contribution in [-0.2, 0) is 21.4 Å². The van der Waals surface area contributed by atoms with Gasteiger partial charge in [0, 0.05) is 10.9 Å². The van der Waals surface area contributed by atoms with E-state index in [-0.39, 0.29) is 4.90 Å². The fourth-order valence-corrected chi connectivity index (χ4v) is 4.91. The van der Waals surface area contributed by atoms with Gasteiger partial charge in [0.1, 0.15) is 11.4 Å². The standard InChI is InChI=1S/C21H17N3O4S2/c1-14-7-9-16(10-8-14)30(27,28)23-18(25)11-24-13-22-20-19(21(24)26)17(12-29-20)15-5-3-2-4-6-15/h2-10,12-13H,11H2,1H3,(H,23,25). The van der Waals surface area contributed by atoms with Gasteiger partial charge in [-0.1, -0.05) is 48.0 Å². The van der Waals surface area contributed by atoms with Crippen LogP contribution in [0.3, 0.4) is 0 Å². The smallest absolute Gasteiger partial charge is 0.264 e. The highest BCUT2D eigenvalue weighted by atomic mass is 32.2. The number of nitrogens with one attached hydrogen (secondary N) is 1. The lowest BCUT2D eigenvalue weighted by Crippen LogP contribution is -2.36. The third kappa shape index (κ3) is 3.89. The molecule has 2 heterocycles. The number of aryl methyl sites for hydroxylation is 1. The van der Waals surface area contributed by atoms with E-state index in [4.69, 9.17) is 0 Å². The molecule has 30 heavy (non-hydrogen) atoms. The summed E-state index contributed by atoms with van der Waals surface area (Å²) in [5, 5.41) is 2.25. The van der Waals surface area contributed by atoms with E-state index in [1.165, 1.54) is 29.8 Å². The molecule has 1 N–H and O–H groups in total. The monoisotopic (exact) mass is 439 g/mol. The number of benzene rings is 2. The van der Waals surface area contributed by atoms with Crippen LogP contribution in [0.1, 0.15) is 5.56 Å². The minimum atomic E-state index is -4.03. The molecule has 0 saturated carbocycles. The Bertz CT molecular complexity index is 1390. The van der Waals surface area contributed by atoms with E-state index in [9.17, 15) is 18.0 Å². The number of carbonyl (C=O) groups is 1. The van der Waals surface area contributed by atoms with Crippen molar-refractivity contribution in [2.45, 2.75) is 18.4 Å². The third-order valence-electron chi connectivity index (χ3n) is 4.54. The Hall–Kier alpha value is -3.30. The number of carbonyl (C=O) groups excluding carboxylic acids is 1. The number of thiophene rings is 1. The van der Waals surface area contributed by atoms with Gasteiger partial charge in [0.2, 0.25) is 0 Å². The maximum atomic E-state index is 13.0. The van der Waals surface area contributed by atoms with Crippen LogP contribution in [-0.4, -0.2) is 23.9 Å². The van der Waals surface area contributed by atoms with E-state index < -0.39 is 28.0 Å². The van der Waals surface area contributed by atoms with E-state index in [0.29, 0.717) is 10.2 Å². The molecule has 4 rings (SSSR count). The summed E-state index contributed by atoms with van der Waals surface area (Å²) < 4.78 is 27.9. The minimum Gasteiger partial charge on any atom is -0.289 e. The summed E-state index contributed by atoms with van der Waals surface area (Å²) in [5.41, 5.74) is 2.10. The van der Waals surface area contributed by atoms with Crippen LogP contribution in [0.25, 0.3) is 21.3 Å². The number of amides is 1. The van der Waals surface area contributed by atoms with Crippen molar-refractivity contribution >= 4 is 37.5 Å². The zero-order chi connectivity index (χ0) is 21.3. The number of hydrogen-bond donors (Lipinski definition) is 1. The molecule has 2 aromatic carbocycles. The molecule has 4 aromatic rings. The first kappa shape index (κ1) is 20.0. The summed E-state index contributed by atoms with van der Waals surface area (Å²) in [5.74, 6) is -0.824. The molecule has 0 aliphatic rings. The minimum absolute atomic E-state index is 0.0217. The molecule has 152 valence electrons. The molecule has 1 amide bonds. The van der Waals surface area contributed by atoms with Crippen molar-refractivity contribution in [1.82, 2.24) is 14.3 Å². The van der Waals surface area contributed by atoms with E-state index in [0.717, 1.165) is 21.3 Å². The van der Waals surface area contributed by atoms with Crippen LogP contribution in [0, 0.1) is 6.92 Å². The molecule has 0 fully saturated rings. The topological polar surface area (TPSA) is 98.1 Å². The van der Waals surface area contributed by atoms with Crippen molar-refractivity contribution in [2.75, 3.05) is 0 Å². The Kier molecular flexibility index (Phi) is 5.23. The lowest BCUT2D eigenvalue weighted by atomic mass is 10.1. The highest BCUT2D eigenvalue weighted by Crippen LogP contribution is 2.30.